The third-order valence-corrected chi connectivity index (χ3v) is 10.0. The zero-order valence-electron chi connectivity index (χ0n) is 28.0. The van der Waals surface area contributed by atoms with Crippen molar-refractivity contribution in [2.24, 2.45) is 5.41 Å². The van der Waals surface area contributed by atoms with Crippen molar-refractivity contribution < 1.29 is 33.3 Å². The van der Waals surface area contributed by atoms with E-state index in [-0.39, 0.29) is 40.7 Å². The highest BCUT2D eigenvalue weighted by molar-refractivity contribution is 7.99. The maximum atomic E-state index is 13.2. The number of hydrogen-bond donors (Lipinski definition) is 2. The summed E-state index contributed by atoms with van der Waals surface area (Å²) in [5.41, 5.74) is 6.69. The van der Waals surface area contributed by atoms with Crippen molar-refractivity contribution in [1.82, 2.24) is 15.3 Å². The first-order chi connectivity index (χ1) is 22.8. The minimum atomic E-state index is -0.618. The lowest BCUT2D eigenvalue weighted by atomic mass is 9.73. The average molecular weight is 700 g/mol. The molecule has 48 heavy (non-hydrogen) atoms. The SMILES string of the molecule is COC(=O)c1nc(Sc2ccnc(N)c2Cl)c(OCc2ccc(OC)cc2)cc1N1CCC2(CC1)CO[C@@H](C)[C@H]2NC(=O)OC(C)(C)C. The second-order valence-corrected chi connectivity index (χ2v) is 14.3. The molecule has 2 fully saturated rings. The fourth-order valence-corrected chi connectivity index (χ4v) is 7.09. The van der Waals surface area contributed by atoms with Crippen LogP contribution in [0, 0.1) is 5.41 Å². The van der Waals surface area contributed by atoms with Crippen LogP contribution in [0.25, 0.3) is 0 Å². The topological polar surface area (TPSA) is 147 Å². The van der Waals surface area contributed by atoms with Crippen LogP contribution in [0.2, 0.25) is 5.02 Å². The number of piperidine rings is 1. The van der Waals surface area contributed by atoms with Gasteiger partial charge in [-0.15, -0.1) is 0 Å². The maximum Gasteiger partial charge on any atom is 0.407 e. The molecule has 0 saturated carbocycles. The fraction of sp³-hybridized carbons (Fsp3) is 0.471. The van der Waals surface area contributed by atoms with E-state index in [1.54, 1.807) is 19.4 Å². The van der Waals surface area contributed by atoms with E-state index in [4.69, 9.17) is 46.0 Å². The second kappa shape index (κ2) is 14.7. The number of rotatable bonds is 9. The highest BCUT2D eigenvalue weighted by Crippen LogP contribution is 2.45. The van der Waals surface area contributed by atoms with Crippen LogP contribution in [-0.4, -0.2) is 73.7 Å². The first kappa shape index (κ1) is 35.4. The maximum absolute atomic E-state index is 13.2. The summed E-state index contributed by atoms with van der Waals surface area (Å²) in [6.45, 7) is 9.36. The number of benzene rings is 1. The lowest BCUT2D eigenvalue weighted by Gasteiger charge is -2.43. The molecular formula is C34H42ClN5O7S. The molecule has 4 heterocycles. The largest absolute Gasteiger partial charge is 0.497 e. The summed E-state index contributed by atoms with van der Waals surface area (Å²) in [5.74, 6) is 0.780. The van der Waals surface area contributed by atoms with Gasteiger partial charge in [-0.2, -0.15) is 0 Å². The van der Waals surface area contributed by atoms with Gasteiger partial charge in [-0.05, 0) is 64.3 Å². The monoisotopic (exact) mass is 699 g/mol. The van der Waals surface area contributed by atoms with Crippen LogP contribution in [0.1, 0.15) is 56.6 Å². The lowest BCUT2D eigenvalue weighted by Crippen LogP contribution is -2.55. The van der Waals surface area contributed by atoms with Gasteiger partial charge in [0.25, 0.3) is 0 Å². The molecule has 2 aliphatic heterocycles. The average Bonchev–Trinajstić information content (AvgIpc) is 3.35. The van der Waals surface area contributed by atoms with Crippen LogP contribution in [0.4, 0.5) is 16.3 Å². The van der Waals surface area contributed by atoms with E-state index in [1.165, 1.54) is 18.9 Å². The standard InChI is InChI=1S/C34H42ClN5O7S/c1-20-28(39-32(42)47-33(2,3)4)34(19-46-20)12-15-40(16-13-34)23-17-24(45-18-21-7-9-22(43-5)10-8-21)30(38-27(23)31(41)44-6)48-25-11-14-37-29(36)26(25)35/h7-11,14,17,20,28H,12-13,15-16,18-19H2,1-6H3,(H2,36,37)(H,39,42)/t20-,28+/m0/s1. The van der Waals surface area contributed by atoms with Crippen molar-refractivity contribution in [1.29, 1.82) is 0 Å². The highest BCUT2D eigenvalue weighted by Gasteiger charge is 2.50. The molecule has 1 spiro atoms. The molecule has 0 radical (unpaired) electrons. The molecule has 0 unspecified atom stereocenters. The van der Waals surface area contributed by atoms with E-state index in [9.17, 15) is 9.59 Å². The van der Waals surface area contributed by atoms with Crippen molar-refractivity contribution in [2.45, 2.75) is 74.8 Å². The van der Waals surface area contributed by atoms with Crippen LogP contribution in [0.5, 0.6) is 11.5 Å². The molecule has 14 heteroatoms. The van der Waals surface area contributed by atoms with Gasteiger partial charge in [0, 0.05) is 35.7 Å². The van der Waals surface area contributed by atoms with Gasteiger partial charge in [0.2, 0.25) is 0 Å². The molecule has 3 N–H and O–H groups in total. The Kier molecular flexibility index (Phi) is 10.8. The highest BCUT2D eigenvalue weighted by atomic mass is 35.5. The number of anilines is 2. The Bertz CT molecular complexity index is 1630. The van der Waals surface area contributed by atoms with Crippen LogP contribution in [0.15, 0.2) is 52.5 Å². The summed E-state index contributed by atoms with van der Waals surface area (Å²) in [7, 11) is 2.94. The van der Waals surface area contributed by atoms with Gasteiger partial charge in [-0.25, -0.2) is 19.6 Å². The van der Waals surface area contributed by atoms with Gasteiger partial charge >= 0.3 is 12.1 Å². The summed E-state index contributed by atoms with van der Waals surface area (Å²) in [5, 5.41) is 3.77. The number of methoxy groups -OCH3 is 2. The van der Waals surface area contributed by atoms with Gasteiger partial charge in [-0.1, -0.05) is 35.5 Å². The van der Waals surface area contributed by atoms with E-state index < -0.39 is 17.7 Å². The van der Waals surface area contributed by atoms with E-state index in [0.717, 1.165) is 11.3 Å². The Labute approximate surface area is 290 Å². The number of aromatic nitrogens is 2. The summed E-state index contributed by atoms with van der Waals surface area (Å²) in [6.07, 6.45) is 2.30. The summed E-state index contributed by atoms with van der Waals surface area (Å²) < 4.78 is 28.5. The Balaban J connectivity index is 1.45. The Hall–Kier alpha value is -3.94. The number of halogens is 1. The summed E-state index contributed by atoms with van der Waals surface area (Å²) >= 11 is 7.71. The van der Waals surface area contributed by atoms with E-state index >= 15 is 0 Å². The molecule has 2 atom stereocenters. The van der Waals surface area contributed by atoms with Crippen LogP contribution in [0.3, 0.4) is 0 Å². The van der Waals surface area contributed by atoms with E-state index in [2.05, 4.69) is 15.2 Å². The molecule has 2 aromatic heterocycles. The fourth-order valence-electron chi connectivity index (χ4n) is 5.97. The Morgan fingerprint density at radius 2 is 1.88 bits per heavy atom. The number of pyridine rings is 2. The number of amides is 1. The predicted octanol–water partition coefficient (Wildman–Crippen LogP) is 6.14. The Morgan fingerprint density at radius 3 is 2.52 bits per heavy atom. The number of carbonyl (C=O) groups excluding carboxylic acids is 2. The van der Waals surface area contributed by atoms with Crippen molar-refractivity contribution in [3.05, 3.63) is 58.9 Å². The summed E-state index contributed by atoms with van der Waals surface area (Å²) in [4.78, 5) is 37.5. The van der Waals surface area contributed by atoms with Gasteiger partial charge in [0.1, 0.15) is 28.8 Å². The first-order valence-corrected chi connectivity index (χ1v) is 16.8. The molecule has 258 valence electrons. The zero-order valence-corrected chi connectivity index (χ0v) is 29.6. The molecule has 1 amide bonds. The molecular weight excluding hydrogens is 658 g/mol. The number of alkyl carbamates (subject to hydrolysis) is 1. The number of nitrogens with one attached hydrogen (secondary N) is 1. The van der Waals surface area contributed by atoms with Crippen molar-refractivity contribution in [2.75, 3.05) is 44.5 Å². The number of ether oxygens (including phenoxy) is 5. The Morgan fingerprint density at radius 1 is 1.17 bits per heavy atom. The van der Waals surface area contributed by atoms with Crippen LogP contribution in [-0.2, 0) is 20.8 Å². The van der Waals surface area contributed by atoms with Crippen molar-refractivity contribution in [3.8, 4) is 11.5 Å². The number of nitrogens with two attached hydrogens (primary N) is 1. The minimum absolute atomic E-state index is 0.144. The van der Waals surface area contributed by atoms with Gasteiger partial charge in [0.05, 0.1) is 43.7 Å². The lowest BCUT2D eigenvalue weighted by molar-refractivity contribution is 0.0433. The number of carbonyl (C=O) groups is 2. The molecule has 12 nitrogen and oxygen atoms in total. The van der Waals surface area contributed by atoms with Gasteiger partial charge in [-0.3, -0.25) is 0 Å². The molecule has 2 aliphatic rings. The number of esters is 1. The van der Waals surface area contributed by atoms with Crippen molar-refractivity contribution in [3.63, 3.8) is 0 Å². The van der Waals surface area contributed by atoms with Crippen LogP contribution < -0.4 is 25.4 Å². The smallest absolute Gasteiger partial charge is 0.407 e. The van der Waals surface area contributed by atoms with Crippen molar-refractivity contribution >= 4 is 46.9 Å². The number of nitrogen functional groups attached to an aromatic ring is 1. The van der Waals surface area contributed by atoms with Gasteiger partial charge < -0.3 is 39.6 Å². The third kappa shape index (κ3) is 8.01. The molecule has 3 aromatic rings. The molecule has 1 aromatic carbocycles. The second-order valence-electron chi connectivity index (χ2n) is 12.9. The van der Waals surface area contributed by atoms with Crippen LogP contribution >= 0.6 is 23.4 Å². The zero-order chi connectivity index (χ0) is 34.6. The van der Waals surface area contributed by atoms with Gasteiger partial charge in [0.15, 0.2) is 11.4 Å². The third-order valence-electron chi connectivity index (χ3n) is 8.49. The molecule has 2 saturated heterocycles. The summed E-state index contributed by atoms with van der Waals surface area (Å²) in [6, 6.07) is 10.9. The quantitative estimate of drug-likeness (QED) is 0.247. The number of hydrogen-bond acceptors (Lipinski definition) is 12. The normalized spacial score (nSPS) is 18.8. The first-order valence-electron chi connectivity index (χ1n) is 15.7. The molecule has 0 bridgehead atoms. The van der Waals surface area contributed by atoms with E-state index in [1.807, 2.05) is 58.0 Å². The minimum Gasteiger partial charge on any atom is -0.497 e. The number of nitrogens with zero attached hydrogens (tertiary/aromatic N) is 3. The predicted molar refractivity (Wildman–Crippen MR) is 183 cm³/mol. The molecule has 0 aliphatic carbocycles. The molecule has 5 rings (SSSR count). The van der Waals surface area contributed by atoms with E-state index in [0.29, 0.717) is 53.9 Å².